The molecule has 0 fully saturated rings. The van der Waals surface area contributed by atoms with Crippen LogP contribution in [0.15, 0.2) is 22.7 Å². The third-order valence-corrected chi connectivity index (χ3v) is 2.41. The van der Waals surface area contributed by atoms with E-state index in [2.05, 4.69) is 21.2 Å². The molecule has 0 aliphatic rings. The lowest BCUT2D eigenvalue weighted by atomic mass is 10.3. The summed E-state index contributed by atoms with van der Waals surface area (Å²) in [5.41, 5.74) is 0. The van der Waals surface area contributed by atoms with Gasteiger partial charge in [0.05, 0.1) is 6.61 Å². The molecule has 90 valence electrons. The Morgan fingerprint density at radius 2 is 2.06 bits per heavy atom. The van der Waals surface area contributed by atoms with Gasteiger partial charge in [0.2, 0.25) is 0 Å². The molecule has 0 atom stereocenters. The predicted molar refractivity (Wildman–Crippen MR) is 64.3 cm³/mol. The first-order chi connectivity index (χ1) is 7.74. The van der Waals surface area contributed by atoms with Crippen molar-refractivity contribution in [3.8, 4) is 5.75 Å². The van der Waals surface area contributed by atoms with Crippen molar-refractivity contribution in [3.05, 3.63) is 28.5 Å². The molecule has 0 spiro atoms. The Labute approximate surface area is 103 Å². The van der Waals surface area contributed by atoms with Crippen LogP contribution in [-0.2, 0) is 4.74 Å². The molecule has 0 amide bonds. The van der Waals surface area contributed by atoms with Crippen LogP contribution in [-0.4, -0.2) is 33.4 Å². The van der Waals surface area contributed by atoms with E-state index in [-0.39, 0.29) is 11.6 Å². The summed E-state index contributed by atoms with van der Waals surface area (Å²) in [6.45, 7) is 2.52. The van der Waals surface area contributed by atoms with Gasteiger partial charge in [0.1, 0.15) is 6.61 Å². The maximum Gasteiger partial charge on any atom is 0.166 e. The fourth-order valence-electron chi connectivity index (χ4n) is 1.12. The molecular formula is C11H15BrFNO2. The van der Waals surface area contributed by atoms with Crippen LogP contribution in [0.5, 0.6) is 5.75 Å². The fraction of sp³-hybridized carbons (Fsp3) is 0.455. The molecule has 1 rings (SSSR count). The predicted octanol–water partition coefficient (Wildman–Crippen LogP) is 2.20. The van der Waals surface area contributed by atoms with E-state index in [0.29, 0.717) is 24.2 Å². The van der Waals surface area contributed by atoms with Crippen LogP contribution in [0.2, 0.25) is 0 Å². The minimum Gasteiger partial charge on any atom is -0.489 e. The quantitative estimate of drug-likeness (QED) is 0.782. The van der Waals surface area contributed by atoms with Gasteiger partial charge in [0.25, 0.3) is 0 Å². The second-order valence-corrected chi connectivity index (χ2v) is 4.08. The second kappa shape index (κ2) is 7.60. The molecule has 1 N–H and O–H groups in total. The Hall–Kier alpha value is -0.650. The molecule has 0 aromatic heterocycles. The van der Waals surface area contributed by atoms with Gasteiger partial charge in [-0.05, 0) is 18.2 Å². The average Bonchev–Trinajstić information content (AvgIpc) is 2.26. The maximum atomic E-state index is 13.3. The number of halogens is 2. The first-order valence-corrected chi connectivity index (χ1v) is 5.81. The van der Waals surface area contributed by atoms with Gasteiger partial charge in [-0.1, -0.05) is 15.9 Å². The van der Waals surface area contributed by atoms with E-state index in [1.54, 1.807) is 19.2 Å². The van der Waals surface area contributed by atoms with Crippen LogP contribution in [0, 0.1) is 5.82 Å². The minimum absolute atomic E-state index is 0.275. The van der Waals surface area contributed by atoms with Gasteiger partial charge in [0, 0.05) is 24.7 Å². The average molecular weight is 292 g/mol. The van der Waals surface area contributed by atoms with E-state index in [1.165, 1.54) is 6.07 Å². The van der Waals surface area contributed by atoms with E-state index in [4.69, 9.17) is 9.47 Å². The molecule has 0 saturated heterocycles. The van der Waals surface area contributed by atoms with E-state index in [9.17, 15) is 4.39 Å². The summed E-state index contributed by atoms with van der Waals surface area (Å²) in [5.74, 6) is -0.0805. The molecule has 0 aliphatic heterocycles. The Kier molecular flexibility index (Phi) is 6.37. The molecule has 0 radical (unpaired) electrons. The molecule has 0 unspecified atom stereocenters. The van der Waals surface area contributed by atoms with E-state index < -0.39 is 0 Å². The third kappa shape index (κ3) is 4.92. The van der Waals surface area contributed by atoms with E-state index >= 15 is 0 Å². The van der Waals surface area contributed by atoms with Crippen molar-refractivity contribution in [1.29, 1.82) is 0 Å². The number of ether oxygens (including phenoxy) is 2. The van der Waals surface area contributed by atoms with Crippen molar-refractivity contribution in [2.45, 2.75) is 0 Å². The van der Waals surface area contributed by atoms with Crippen molar-refractivity contribution in [2.24, 2.45) is 0 Å². The highest BCUT2D eigenvalue weighted by Crippen LogP contribution is 2.21. The number of hydrogen-bond acceptors (Lipinski definition) is 3. The topological polar surface area (TPSA) is 30.5 Å². The number of methoxy groups -OCH3 is 1. The molecule has 5 heteroatoms. The zero-order chi connectivity index (χ0) is 11.8. The summed E-state index contributed by atoms with van der Waals surface area (Å²) in [6.07, 6.45) is 0. The zero-order valence-corrected chi connectivity index (χ0v) is 10.7. The Morgan fingerprint density at radius 1 is 1.31 bits per heavy atom. The van der Waals surface area contributed by atoms with E-state index in [1.807, 2.05) is 0 Å². The fourth-order valence-corrected chi connectivity index (χ4v) is 1.46. The normalized spacial score (nSPS) is 10.4. The van der Waals surface area contributed by atoms with Crippen LogP contribution in [0.1, 0.15) is 0 Å². The van der Waals surface area contributed by atoms with Crippen LogP contribution in [0.4, 0.5) is 4.39 Å². The first kappa shape index (κ1) is 13.4. The summed E-state index contributed by atoms with van der Waals surface area (Å²) < 4.78 is 24.1. The molecule has 16 heavy (non-hydrogen) atoms. The van der Waals surface area contributed by atoms with Gasteiger partial charge < -0.3 is 14.8 Å². The molecule has 1 aromatic carbocycles. The lowest BCUT2D eigenvalue weighted by Gasteiger charge is -2.08. The van der Waals surface area contributed by atoms with Crippen molar-refractivity contribution in [2.75, 3.05) is 33.4 Å². The summed E-state index contributed by atoms with van der Waals surface area (Å²) in [5, 5.41) is 3.11. The van der Waals surface area contributed by atoms with Gasteiger partial charge in [0.15, 0.2) is 11.6 Å². The monoisotopic (exact) mass is 291 g/mol. The van der Waals surface area contributed by atoms with Crippen molar-refractivity contribution in [3.63, 3.8) is 0 Å². The molecule has 0 heterocycles. The van der Waals surface area contributed by atoms with Gasteiger partial charge >= 0.3 is 0 Å². The highest BCUT2D eigenvalue weighted by atomic mass is 79.9. The molecule has 0 aliphatic carbocycles. The lowest BCUT2D eigenvalue weighted by molar-refractivity contribution is 0.196. The first-order valence-electron chi connectivity index (χ1n) is 5.01. The molecule has 1 aromatic rings. The summed E-state index contributed by atoms with van der Waals surface area (Å²) in [7, 11) is 1.65. The largest absolute Gasteiger partial charge is 0.489 e. The number of nitrogens with one attached hydrogen (secondary N) is 1. The Bertz CT molecular complexity index is 323. The minimum atomic E-state index is -0.355. The van der Waals surface area contributed by atoms with Crippen LogP contribution in [0.25, 0.3) is 0 Å². The van der Waals surface area contributed by atoms with Crippen molar-refractivity contribution < 1.29 is 13.9 Å². The molecule has 3 nitrogen and oxygen atoms in total. The molecule has 0 bridgehead atoms. The van der Waals surface area contributed by atoms with Gasteiger partial charge in [-0.2, -0.15) is 0 Å². The standard InChI is InChI=1S/C11H15BrFNO2/c1-15-6-4-14-5-7-16-11-3-2-9(12)8-10(11)13/h2-3,8,14H,4-7H2,1H3. The van der Waals surface area contributed by atoms with Crippen molar-refractivity contribution >= 4 is 15.9 Å². The Morgan fingerprint density at radius 3 is 2.75 bits per heavy atom. The maximum absolute atomic E-state index is 13.3. The number of benzene rings is 1. The summed E-state index contributed by atoms with van der Waals surface area (Å²) in [6, 6.07) is 4.74. The number of hydrogen-bond donors (Lipinski definition) is 1. The summed E-state index contributed by atoms with van der Waals surface area (Å²) in [4.78, 5) is 0. The van der Waals surface area contributed by atoms with Gasteiger partial charge in [-0.15, -0.1) is 0 Å². The zero-order valence-electron chi connectivity index (χ0n) is 9.13. The smallest absolute Gasteiger partial charge is 0.166 e. The lowest BCUT2D eigenvalue weighted by Crippen LogP contribution is -2.24. The highest BCUT2D eigenvalue weighted by Gasteiger charge is 2.02. The SMILES string of the molecule is COCCNCCOc1ccc(Br)cc1F. The number of rotatable bonds is 7. The van der Waals surface area contributed by atoms with Crippen LogP contribution >= 0.6 is 15.9 Å². The summed E-state index contributed by atoms with van der Waals surface area (Å²) >= 11 is 3.18. The second-order valence-electron chi connectivity index (χ2n) is 3.17. The molecular weight excluding hydrogens is 277 g/mol. The molecule has 0 saturated carbocycles. The van der Waals surface area contributed by atoms with Crippen LogP contribution in [0.3, 0.4) is 0 Å². The van der Waals surface area contributed by atoms with Gasteiger partial charge in [-0.3, -0.25) is 0 Å². The highest BCUT2D eigenvalue weighted by molar-refractivity contribution is 9.10. The van der Waals surface area contributed by atoms with E-state index in [0.717, 1.165) is 6.54 Å². The van der Waals surface area contributed by atoms with Gasteiger partial charge in [-0.25, -0.2) is 4.39 Å². The third-order valence-electron chi connectivity index (χ3n) is 1.91. The van der Waals surface area contributed by atoms with Crippen molar-refractivity contribution in [1.82, 2.24) is 5.32 Å². The van der Waals surface area contributed by atoms with Crippen LogP contribution < -0.4 is 10.1 Å². The Balaban J connectivity index is 2.21.